The number of amides is 3. The summed E-state index contributed by atoms with van der Waals surface area (Å²) in [6.07, 6.45) is 1.97. The third kappa shape index (κ3) is 5.28. The summed E-state index contributed by atoms with van der Waals surface area (Å²) in [5.41, 5.74) is 1.15. The monoisotopic (exact) mass is 465 g/mol. The average Bonchev–Trinajstić information content (AvgIpc) is 3.21. The second-order valence-electron chi connectivity index (χ2n) is 9.64. The van der Waals surface area contributed by atoms with Crippen molar-refractivity contribution in [2.24, 2.45) is 5.92 Å². The van der Waals surface area contributed by atoms with Crippen LogP contribution in [-0.2, 0) is 26.3 Å². The first-order valence-corrected chi connectivity index (χ1v) is 11.7. The van der Waals surface area contributed by atoms with Gasteiger partial charge in [-0.1, -0.05) is 50.2 Å². The molecule has 1 aliphatic rings. The number of nitrogens with one attached hydrogen (secondary N) is 3. The van der Waals surface area contributed by atoms with Gasteiger partial charge in [0.1, 0.15) is 17.9 Å². The molecule has 3 N–H and O–H groups in total. The molecular formula is C26H35N5O3. The van der Waals surface area contributed by atoms with Crippen LogP contribution in [0.4, 0.5) is 5.82 Å². The molecule has 2 aromatic rings. The first-order valence-electron chi connectivity index (χ1n) is 11.7. The van der Waals surface area contributed by atoms with E-state index >= 15 is 0 Å². The second kappa shape index (κ2) is 10.3. The van der Waals surface area contributed by atoms with Gasteiger partial charge >= 0.3 is 0 Å². The Morgan fingerprint density at radius 1 is 1.06 bits per heavy atom. The predicted octanol–water partition coefficient (Wildman–Crippen LogP) is 2.14. The van der Waals surface area contributed by atoms with Crippen molar-refractivity contribution in [1.82, 2.24) is 20.9 Å². The molecule has 3 amide bonds. The number of aromatic nitrogens is 1. The van der Waals surface area contributed by atoms with Crippen LogP contribution in [0.2, 0.25) is 0 Å². The zero-order chi connectivity index (χ0) is 25.0. The molecular weight excluding hydrogens is 430 g/mol. The highest BCUT2D eigenvalue weighted by Gasteiger charge is 2.44. The summed E-state index contributed by atoms with van der Waals surface area (Å²) >= 11 is 0. The quantitative estimate of drug-likeness (QED) is 0.554. The first kappa shape index (κ1) is 25.4. The maximum atomic E-state index is 13.8. The SMILES string of the molecule is CN[C@@H](C)C(=O)NC(C(=O)N1c2ncccc2CC1C(=O)NC(C)(C)c1ccccc1)C(C)C. The molecule has 0 spiro atoms. The van der Waals surface area contributed by atoms with Crippen molar-refractivity contribution < 1.29 is 14.4 Å². The molecule has 34 heavy (non-hydrogen) atoms. The van der Waals surface area contributed by atoms with E-state index < -0.39 is 23.7 Å². The minimum atomic E-state index is -0.798. The Balaban J connectivity index is 1.91. The second-order valence-corrected chi connectivity index (χ2v) is 9.64. The molecule has 1 aromatic carbocycles. The molecule has 8 heteroatoms. The van der Waals surface area contributed by atoms with Crippen LogP contribution in [0.5, 0.6) is 0 Å². The lowest BCUT2D eigenvalue weighted by atomic mass is 9.93. The van der Waals surface area contributed by atoms with Crippen molar-refractivity contribution in [3.05, 3.63) is 59.8 Å². The lowest BCUT2D eigenvalue weighted by Crippen LogP contribution is -2.59. The van der Waals surface area contributed by atoms with E-state index in [1.807, 2.05) is 64.1 Å². The van der Waals surface area contributed by atoms with E-state index in [9.17, 15) is 14.4 Å². The zero-order valence-corrected chi connectivity index (χ0v) is 20.8. The van der Waals surface area contributed by atoms with Crippen molar-refractivity contribution in [2.75, 3.05) is 11.9 Å². The van der Waals surface area contributed by atoms with E-state index in [4.69, 9.17) is 0 Å². The molecule has 1 aromatic heterocycles. The van der Waals surface area contributed by atoms with E-state index in [1.54, 1.807) is 26.2 Å². The van der Waals surface area contributed by atoms with Gasteiger partial charge in [0.05, 0.1) is 11.6 Å². The van der Waals surface area contributed by atoms with Crippen LogP contribution in [-0.4, -0.2) is 47.9 Å². The number of hydrogen-bond acceptors (Lipinski definition) is 5. The predicted molar refractivity (Wildman–Crippen MR) is 132 cm³/mol. The molecule has 0 radical (unpaired) electrons. The maximum absolute atomic E-state index is 13.8. The van der Waals surface area contributed by atoms with Crippen LogP contribution in [0.3, 0.4) is 0 Å². The van der Waals surface area contributed by atoms with E-state index in [0.29, 0.717) is 12.2 Å². The Morgan fingerprint density at radius 3 is 2.35 bits per heavy atom. The Bertz CT molecular complexity index is 1040. The Kier molecular flexibility index (Phi) is 7.71. The van der Waals surface area contributed by atoms with Crippen LogP contribution in [0, 0.1) is 5.92 Å². The molecule has 0 bridgehead atoms. The van der Waals surface area contributed by atoms with Gasteiger partial charge in [-0.15, -0.1) is 0 Å². The summed E-state index contributed by atoms with van der Waals surface area (Å²) in [7, 11) is 1.69. The van der Waals surface area contributed by atoms with Crippen LogP contribution < -0.4 is 20.9 Å². The number of fused-ring (bicyclic) bond motifs is 1. The van der Waals surface area contributed by atoms with E-state index in [1.165, 1.54) is 4.90 Å². The van der Waals surface area contributed by atoms with Crippen LogP contribution in [0.1, 0.15) is 45.7 Å². The number of nitrogens with zero attached hydrogens (tertiary/aromatic N) is 2. The largest absolute Gasteiger partial charge is 0.345 e. The molecule has 0 aliphatic carbocycles. The van der Waals surface area contributed by atoms with Crippen molar-refractivity contribution in [3.63, 3.8) is 0 Å². The standard InChI is InChI=1S/C26H35N5O3/c1-16(2)21(29-23(32)17(3)27-6)25(34)31-20(15-18-11-10-14-28-22(18)31)24(33)30-26(4,5)19-12-8-7-9-13-19/h7-14,16-17,20-21,27H,15H2,1-6H3,(H,29,32)(H,30,33)/t17-,20?,21?/m0/s1. The normalized spacial score (nSPS) is 17.1. The van der Waals surface area contributed by atoms with Crippen molar-refractivity contribution in [2.45, 2.75) is 64.7 Å². The highest BCUT2D eigenvalue weighted by molar-refractivity contribution is 6.06. The van der Waals surface area contributed by atoms with Gasteiger partial charge in [0.25, 0.3) is 5.91 Å². The number of hydrogen-bond donors (Lipinski definition) is 3. The van der Waals surface area contributed by atoms with Crippen LogP contribution >= 0.6 is 0 Å². The smallest absolute Gasteiger partial charge is 0.251 e. The van der Waals surface area contributed by atoms with Gasteiger partial charge in [-0.3, -0.25) is 19.3 Å². The summed E-state index contributed by atoms with van der Waals surface area (Å²) in [5, 5.41) is 8.86. The van der Waals surface area contributed by atoms with Gasteiger partial charge in [-0.2, -0.15) is 0 Å². The summed E-state index contributed by atoms with van der Waals surface area (Å²) in [5.74, 6) is -0.606. The number of carbonyl (C=O) groups excluding carboxylic acids is 3. The summed E-state index contributed by atoms with van der Waals surface area (Å²) in [6.45, 7) is 9.34. The molecule has 2 unspecified atom stereocenters. The molecule has 2 heterocycles. The Morgan fingerprint density at radius 2 is 1.74 bits per heavy atom. The first-order chi connectivity index (χ1) is 16.1. The Labute approximate surface area is 201 Å². The molecule has 182 valence electrons. The van der Waals surface area contributed by atoms with Gasteiger partial charge in [0.15, 0.2) is 0 Å². The molecule has 8 nitrogen and oxygen atoms in total. The summed E-state index contributed by atoms with van der Waals surface area (Å²) < 4.78 is 0. The highest BCUT2D eigenvalue weighted by atomic mass is 16.2. The summed E-state index contributed by atoms with van der Waals surface area (Å²) in [6, 6.07) is 11.4. The molecule has 0 saturated carbocycles. The molecule has 3 atom stereocenters. The molecule has 0 saturated heterocycles. The minimum absolute atomic E-state index is 0.183. The van der Waals surface area contributed by atoms with E-state index in [0.717, 1.165) is 11.1 Å². The third-order valence-electron chi connectivity index (χ3n) is 6.35. The minimum Gasteiger partial charge on any atom is -0.345 e. The topological polar surface area (TPSA) is 103 Å². The molecule has 0 fully saturated rings. The van der Waals surface area contributed by atoms with E-state index in [-0.39, 0.29) is 23.6 Å². The van der Waals surface area contributed by atoms with Crippen molar-refractivity contribution in [1.29, 1.82) is 0 Å². The highest BCUT2D eigenvalue weighted by Crippen LogP contribution is 2.32. The maximum Gasteiger partial charge on any atom is 0.251 e. The number of pyridine rings is 1. The number of benzene rings is 1. The van der Waals surface area contributed by atoms with Crippen LogP contribution in [0.25, 0.3) is 0 Å². The number of rotatable bonds is 8. The van der Waals surface area contributed by atoms with Gasteiger partial charge in [0, 0.05) is 12.6 Å². The van der Waals surface area contributed by atoms with E-state index in [2.05, 4.69) is 20.9 Å². The van der Waals surface area contributed by atoms with Gasteiger partial charge in [0.2, 0.25) is 11.8 Å². The van der Waals surface area contributed by atoms with Gasteiger partial charge in [-0.05, 0) is 50.9 Å². The lowest BCUT2D eigenvalue weighted by molar-refractivity contribution is -0.131. The fraction of sp³-hybridized carbons (Fsp3) is 0.462. The molecule has 3 rings (SSSR count). The number of likely N-dealkylation sites (N-methyl/N-ethyl adjacent to an activating group) is 1. The van der Waals surface area contributed by atoms with Crippen molar-refractivity contribution in [3.8, 4) is 0 Å². The van der Waals surface area contributed by atoms with Gasteiger partial charge in [-0.25, -0.2) is 4.98 Å². The Hall–Kier alpha value is -3.26. The summed E-state index contributed by atoms with van der Waals surface area (Å²) in [4.78, 5) is 45.8. The fourth-order valence-electron chi connectivity index (χ4n) is 4.11. The molecule has 1 aliphatic heterocycles. The van der Waals surface area contributed by atoms with Crippen LogP contribution in [0.15, 0.2) is 48.7 Å². The number of anilines is 1. The van der Waals surface area contributed by atoms with Gasteiger partial charge < -0.3 is 16.0 Å². The zero-order valence-electron chi connectivity index (χ0n) is 20.8. The number of carbonyl (C=O) groups is 3. The van der Waals surface area contributed by atoms with Crippen molar-refractivity contribution >= 4 is 23.5 Å². The fourth-order valence-corrected chi connectivity index (χ4v) is 4.11. The lowest BCUT2D eigenvalue weighted by Gasteiger charge is -2.33. The third-order valence-corrected chi connectivity index (χ3v) is 6.35. The average molecular weight is 466 g/mol.